The van der Waals surface area contributed by atoms with Crippen molar-refractivity contribution < 1.29 is 32.6 Å². The van der Waals surface area contributed by atoms with Crippen LogP contribution in [0.3, 0.4) is 0 Å². The van der Waals surface area contributed by atoms with E-state index in [0.29, 0.717) is 10.6 Å². The molecule has 8 heteroatoms. The van der Waals surface area contributed by atoms with Crippen LogP contribution in [-0.2, 0) is 4.79 Å². The summed E-state index contributed by atoms with van der Waals surface area (Å²) in [5, 5.41) is 8.70. The molecule has 0 atom stereocenters. The summed E-state index contributed by atoms with van der Waals surface area (Å²) in [7, 11) is 0. The first-order valence-corrected chi connectivity index (χ1v) is 5.63. The summed E-state index contributed by atoms with van der Waals surface area (Å²) in [4.78, 5) is 22.1. The Balaban J connectivity index is 1.86. The molecule has 0 aromatic heterocycles. The van der Waals surface area contributed by atoms with Crippen LogP contribution in [0.1, 0.15) is 10.4 Å². The van der Waals surface area contributed by atoms with E-state index in [1.165, 1.54) is 24.3 Å². The second-order valence-electron chi connectivity index (χ2n) is 4.28. The van der Waals surface area contributed by atoms with E-state index in [2.05, 4.69) is 0 Å². The number of halogens is 3. The summed E-state index contributed by atoms with van der Waals surface area (Å²) in [6.07, 6.45) is -5.38. The topological polar surface area (TPSA) is 66.8 Å². The van der Waals surface area contributed by atoms with Crippen molar-refractivity contribution in [2.45, 2.75) is 12.3 Å². The van der Waals surface area contributed by atoms with Crippen LogP contribution in [0.2, 0.25) is 0 Å². The van der Waals surface area contributed by atoms with E-state index in [1.54, 1.807) is 0 Å². The molecule has 0 bridgehead atoms. The van der Waals surface area contributed by atoms with Gasteiger partial charge in [0.1, 0.15) is 11.9 Å². The van der Waals surface area contributed by atoms with Crippen molar-refractivity contribution in [1.82, 2.24) is 4.90 Å². The fraction of sp³-hybridized carbons (Fsp3) is 0.333. The Bertz CT molecular complexity index is 520. The highest BCUT2D eigenvalue weighted by molar-refractivity contribution is 5.87. The van der Waals surface area contributed by atoms with Crippen LogP contribution in [0.4, 0.5) is 13.2 Å². The van der Waals surface area contributed by atoms with Crippen LogP contribution in [0.5, 0.6) is 5.75 Å². The summed E-state index contributed by atoms with van der Waals surface area (Å²) in [6.45, 7) is -0.280. The number of hydrogen-bond acceptors (Lipinski definition) is 3. The van der Waals surface area contributed by atoms with Gasteiger partial charge in [0.15, 0.2) is 0 Å². The zero-order chi connectivity index (χ0) is 14.9. The third kappa shape index (κ3) is 3.01. The maximum Gasteiger partial charge on any atom is 0.471 e. The van der Waals surface area contributed by atoms with Crippen molar-refractivity contribution in [3.63, 3.8) is 0 Å². The Morgan fingerprint density at radius 2 is 1.75 bits per heavy atom. The van der Waals surface area contributed by atoms with Gasteiger partial charge < -0.3 is 14.7 Å². The van der Waals surface area contributed by atoms with E-state index >= 15 is 0 Å². The van der Waals surface area contributed by atoms with Gasteiger partial charge in [-0.25, -0.2) is 4.79 Å². The van der Waals surface area contributed by atoms with E-state index in [9.17, 15) is 22.8 Å². The largest absolute Gasteiger partial charge is 0.487 e. The number of carbonyl (C=O) groups is 2. The summed E-state index contributed by atoms with van der Waals surface area (Å²) in [5.41, 5.74) is 0.0832. The summed E-state index contributed by atoms with van der Waals surface area (Å²) in [6, 6.07) is 5.49. The molecule has 1 heterocycles. The number of carboxylic acid groups (broad SMARTS) is 1. The fourth-order valence-corrected chi connectivity index (χ4v) is 1.73. The highest BCUT2D eigenvalue weighted by atomic mass is 19.4. The maximum atomic E-state index is 12.1. The lowest BCUT2D eigenvalue weighted by atomic mass is 10.1. The fourth-order valence-electron chi connectivity index (χ4n) is 1.73. The summed E-state index contributed by atoms with van der Waals surface area (Å²) in [5.74, 6) is -2.61. The summed E-state index contributed by atoms with van der Waals surface area (Å²) >= 11 is 0. The third-order valence-electron chi connectivity index (χ3n) is 2.78. The van der Waals surface area contributed by atoms with Gasteiger partial charge in [0.2, 0.25) is 0 Å². The van der Waals surface area contributed by atoms with Crippen molar-refractivity contribution >= 4 is 11.9 Å². The van der Waals surface area contributed by atoms with Gasteiger partial charge >= 0.3 is 18.1 Å². The zero-order valence-electron chi connectivity index (χ0n) is 10.1. The standard InChI is InChI=1S/C12H10F3NO4/c13-12(14,15)11(19)16-5-9(6-16)20-8-3-1-7(2-4-8)10(17)18/h1-4,9H,5-6H2,(H,17,18). The Kier molecular flexibility index (Phi) is 3.56. The second-order valence-corrected chi connectivity index (χ2v) is 4.28. The molecule has 1 fully saturated rings. The van der Waals surface area contributed by atoms with Crippen LogP contribution >= 0.6 is 0 Å². The van der Waals surface area contributed by atoms with E-state index in [1.807, 2.05) is 0 Å². The predicted molar refractivity (Wildman–Crippen MR) is 60.5 cm³/mol. The molecule has 1 aromatic carbocycles. The predicted octanol–water partition coefficient (Wildman–Crippen LogP) is 1.54. The quantitative estimate of drug-likeness (QED) is 0.916. The normalized spacial score (nSPS) is 15.7. The lowest BCUT2D eigenvalue weighted by Gasteiger charge is -2.39. The minimum atomic E-state index is -4.87. The van der Waals surface area contributed by atoms with Gasteiger partial charge in [0.25, 0.3) is 0 Å². The van der Waals surface area contributed by atoms with E-state index in [4.69, 9.17) is 9.84 Å². The van der Waals surface area contributed by atoms with Gasteiger partial charge in [0.05, 0.1) is 18.7 Å². The number of likely N-dealkylation sites (tertiary alicyclic amines) is 1. The molecular weight excluding hydrogens is 279 g/mol. The third-order valence-corrected chi connectivity index (χ3v) is 2.78. The average molecular weight is 289 g/mol. The molecule has 1 N–H and O–H groups in total. The number of carbonyl (C=O) groups excluding carboxylic acids is 1. The Hall–Kier alpha value is -2.25. The van der Waals surface area contributed by atoms with Crippen LogP contribution in [0, 0.1) is 0 Å². The van der Waals surface area contributed by atoms with Gasteiger partial charge in [0, 0.05) is 0 Å². The second kappa shape index (κ2) is 5.03. The molecule has 0 radical (unpaired) electrons. The molecule has 2 rings (SSSR count). The minimum absolute atomic E-state index is 0.0832. The first-order valence-electron chi connectivity index (χ1n) is 5.63. The number of benzene rings is 1. The molecule has 1 aliphatic rings. The SMILES string of the molecule is O=C(O)c1ccc(OC2CN(C(=O)C(F)(F)F)C2)cc1. The van der Waals surface area contributed by atoms with Gasteiger partial charge in [-0.15, -0.1) is 0 Å². The zero-order valence-corrected chi connectivity index (χ0v) is 10.1. The molecule has 1 aromatic rings. The molecule has 1 amide bonds. The minimum Gasteiger partial charge on any atom is -0.487 e. The number of rotatable bonds is 3. The Morgan fingerprint density at radius 3 is 2.20 bits per heavy atom. The molecule has 108 valence electrons. The smallest absolute Gasteiger partial charge is 0.471 e. The number of amides is 1. The van der Waals surface area contributed by atoms with Gasteiger partial charge in [-0.2, -0.15) is 13.2 Å². The average Bonchev–Trinajstić information content (AvgIpc) is 2.32. The number of carboxylic acids is 1. The van der Waals surface area contributed by atoms with Gasteiger partial charge in [-0.1, -0.05) is 0 Å². The number of ether oxygens (including phenoxy) is 1. The number of nitrogens with zero attached hydrogens (tertiary/aromatic N) is 1. The van der Waals surface area contributed by atoms with E-state index in [-0.39, 0.29) is 18.7 Å². The molecule has 0 unspecified atom stereocenters. The van der Waals surface area contributed by atoms with Gasteiger partial charge in [-0.3, -0.25) is 4.79 Å². The molecule has 0 spiro atoms. The molecule has 1 saturated heterocycles. The molecule has 1 aliphatic heterocycles. The summed E-state index contributed by atoms with van der Waals surface area (Å²) < 4.78 is 41.6. The van der Waals surface area contributed by atoms with Crippen molar-refractivity contribution in [1.29, 1.82) is 0 Å². The lowest BCUT2D eigenvalue weighted by molar-refractivity contribution is -0.193. The molecule has 5 nitrogen and oxygen atoms in total. The molecular formula is C12H10F3NO4. The maximum absolute atomic E-state index is 12.1. The molecule has 20 heavy (non-hydrogen) atoms. The van der Waals surface area contributed by atoms with E-state index in [0.717, 1.165) is 0 Å². The van der Waals surface area contributed by atoms with Crippen molar-refractivity contribution in [3.8, 4) is 5.75 Å². The molecule has 0 saturated carbocycles. The monoisotopic (exact) mass is 289 g/mol. The first-order chi connectivity index (χ1) is 9.27. The van der Waals surface area contributed by atoms with Crippen LogP contribution in [0.25, 0.3) is 0 Å². The van der Waals surface area contributed by atoms with Crippen molar-refractivity contribution in [3.05, 3.63) is 29.8 Å². The van der Waals surface area contributed by atoms with Crippen LogP contribution in [-0.4, -0.2) is 47.3 Å². The number of aromatic carboxylic acids is 1. The highest BCUT2D eigenvalue weighted by Gasteiger charge is 2.47. The van der Waals surface area contributed by atoms with Crippen molar-refractivity contribution in [2.75, 3.05) is 13.1 Å². The van der Waals surface area contributed by atoms with Crippen molar-refractivity contribution in [2.24, 2.45) is 0 Å². The first kappa shape index (κ1) is 14.2. The highest BCUT2D eigenvalue weighted by Crippen LogP contribution is 2.24. The van der Waals surface area contributed by atoms with Crippen LogP contribution in [0.15, 0.2) is 24.3 Å². The van der Waals surface area contributed by atoms with E-state index < -0.39 is 24.2 Å². The lowest BCUT2D eigenvalue weighted by Crippen LogP contribution is -2.59. The van der Waals surface area contributed by atoms with Gasteiger partial charge in [-0.05, 0) is 24.3 Å². The number of alkyl halides is 3. The van der Waals surface area contributed by atoms with Crippen LogP contribution < -0.4 is 4.74 Å². The molecule has 0 aliphatic carbocycles. The number of hydrogen-bond donors (Lipinski definition) is 1. The Morgan fingerprint density at radius 1 is 1.20 bits per heavy atom. The Labute approximate surface area is 111 Å².